The van der Waals surface area contributed by atoms with Gasteiger partial charge in [0.15, 0.2) is 0 Å². The molecular formula is C15H15F3N4O2. The molecule has 0 aromatic carbocycles. The number of aryl methyl sites for hydroxylation is 1. The molecule has 0 radical (unpaired) electrons. The number of carbonyl (C=O) groups excluding carboxylic acids is 1. The van der Waals surface area contributed by atoms with Crippen LogP contribution in [0.2, 0.25) is 0 Å². The summed E-state index contributed by atoms with van der Waals surface area (Å²) in [6.07, 6.45) is -0.186. The Balaban J connectivity index is 1.82. The molecule has 1 amide bonds. The van der Waals surface area contributed by atoms with Crippen LogP contribution >= 0.6 is 0 Å². The summed E-state index contributed by atoms with van der Waals surface area (Å²) in [6, 6.07) is 1.51. The Morgan fingerprint density at radius 3 is 2.83 bits per heavy atom. The van der Waals surface area contributed by atoms with Gasteiger partial charge in [-0.2, -0.15) is 13.2 Å². The number of carbonyl (C=O) groups is 1. The predicted molar refractivity (Wildman–Crippen MR) is 77.0 cm³/mol. The van der Waals surface area contributed by atoms with Crippen LogP contribution in [0.3, 0.4) is 0 Å². The summed E-state index contributed by atoms with van der Waals surface area (Å²) in [5, 5.41) is 2.59. The lowest BCUT2D eigenvalue weighted by Gasteiger charge is -2.20. The monoisotopic (exact) mass is 340 g/mol. The van der Waals surface area contributed by atoms with E-state index in [1.165, 1.54) is 0 Å². The van der Waals surface area contributed by atoms with E-state index in [0.717, 1.165) is 18.3 Å². The molecule has 0 aliphatic carbocycles. The summed E-state index contributed by atoms with van der Waals surface area (Å²) in [5.74, 6) is -0.271. The van der Waals surface area contributed by atoms with Gasteiger partial charge < -0.3 is 14.6 Å². The number of amides is 1. The first-order valence-corrected chi connectivity index (χ1v) is 7.30. The molecule has 1 aliphatic heterocycles. The van der Waals surface area contributed by atoms with Crippen LogP contribution < -0.4 is 5.32 Å². The fourth-order valence-corrected chi connectivity index (χ4v) is 2.69. The zero-order valence-corrected chi connectivity index (χ0v) is 12.7. The van der Waals surface area contributed by atoms with E-state index in [-0.39, 0.29) is 0 Å². The summed E-state index contributed by atoms with van der Waals surface area (Å²) < 4.78 is 46.4. The van der Waals surface area contributed by atoms with Gasteiger partial charge in [-0.05, 0) is 18.6 Å². The summed E-state index contributed by atoms with van der Waals surface area (Å²) in [7, 11) is 1.78. The molecule has 1 N–H and O–H groups in total. The van der Waals surface area contributed by atoms with Gasteiger partial charge in [-0.15, -0.1) is 0 Å². The van der Waals surface area contributed by atoms with Crippen LogP contribution in [-0.4, -0.2) is 33.1 Å². The summed E-state index contributed by atoms with van der Waals surface area (Å²) >= 11 is 0. The lowest BCUT2D eigenvalue weighted by atomic mass is 10.1. The van der Waals surface area contributed by atoms with Crippen molar-refractivity contribution >= 4 is 5.91 Å². The first-order chi connectivity index (χ1) is 11.4. The molecule has 0 saturated carbocycles. The van der Waals surface area contributed by atoms with Gasteiger partial charge in [-0.25, -0.2) is 4.98 Å². The molecule has 2 aromatic rings. The first kappa shape index (κ1) is 16.4. The highest BCUT2D eigenvalue weighted by Crippen LogP contribution is 2.32. The van der Waals surface area contributed by atoms with Gasteiger partial charge in [-0.3, -0.25) is 9.78 Å². The van der Waals surface area contributed by atoms with Gasteiger partial charge in [0.1, 0.15) is 17.6 Å². The van der Waals surface area contributed by atoms with Crippen molar-refractivity contribution < 1.29 is 22.7 Å². The number of pyridine rings is 1. The highest BCUT2D eigenvalue weighted by molar-refractivity contribution is 5.94. The van der Waals surface area contributed by atoms with Gasteiger partial charge in [-0.1, -0.05) is 0 Å². The van der Waals surface area contributed by atoms with Crippen molar-refractivity contribution in [3.05, 3.63) is 47.8 Å². The molecule has 0 unspecified atom stereocenters. The van der Waals surface area contributed by atoms with E-state index in [1.807, 2.05) is 0 Å². The third-order valence-corrected chi connectivity index (χ3v) is 3.85. The maximum atomic E-state index is 13.0. The average molecular weight is 340 g/mol. The number of ether oxygens (including phenoxy) is 1. The largest absolute Gasteiger partial charge is 0.418 e. The minimum absolute atomic E-state index is 0.386. The molecular weight excluding hydrogens is 325 g/mol. The first-order valence-electron chi connectivity index (χ1n) is 7.30. The Morgan fingerprint density at radius 1 is 1.38 bits per heavy atom. The molecule has 3 heterocycles. The number of hydrogen-bond donors (Lipinski definition) is 1. The van der Waals surface area contributed by atoms with Crippen molar-refractivity contribution in [2.45, 2.75) is 24.7 Å². The van der Waals surface area contributed by atoms with Crippen LogP contribution in [0, 0.1) is 0 Å². The van der Waals surface area contributed by atoms with Gasteiger partial charge in [0, 0.05) is 32.2 Å². The Kier molecular flexibility index (Phi) is 4.27. The summed E-state index contributed by atoms with van der Waals surface area (Å²) in [6.45, 7) is 0.386. The maximum absolute atomic E-state index is 13.0. The molecule has 24 heavy (non-hydrogen) atoms. The molecule has 0 spiro atoms. The Bertz CT molecular complexity index is 744. The Labute approximate surface area is 135 Å². The zero-order chi connectivity index (χ0) is 17.3. The number of halogens is 3. The van der Waals surface area contributed by atoms with Crippen LogP contribution in [-0.2, 0) is 18.0 Å². The van der Waals surface area contributed by atoms with Gasteiger partial charge >= 0.3 is 6.18 Å². The van der Waals surface area contributed by atoms with Crippen LogP contribution in [0.1, 0.15) is 34.4 Å². The van der Waals surface area contributed by atoms with Crippen LogP contribution in [0.5, 0.6) is 0 Å². The molecule has 3 rings (SSSR count). The van der Waals surface area contributed by atoms with E-state index in [9.17, 15) is 18.0 Å². The van der Waals surface area contributed by atoms with E-state index in [4.69, 9.17) is 4.74 Å². The normalized spacial score (nSPS) is 21.0. The summed E-state index contributed by atoms with van der Waals surface area (Å²) in [5.41, 5.74) is -1.70. The van der Waals surface area contributed by atoms with Crippen molar-refractivity contribution in [2.75, 3.05) is 6.61 Å². The molecule has 2 atom stereocenters. The maximum Gasteiger partial charge on any atom is 0.418 e. The van der Waals surface area contributed by atoms with Crippen LogP contribution in [0.15, 0.2) is 30.7 Å². The van der Waals surface area contributed by atoms with Crippen molar-refractivity contribution in [1.29, 1.82) is 0 Å². The molecule has 128 valence electrons. The van der Waals surface area contributed by atoms with E-state index in [0.29, 0.717) is 18.9 Å². The number of alkyl halides is 3. The topological polar surface area (TPSA) is 69.0 Å². The van der Waals surface area contributed by atoms with Gasteiger partial charge in [0.2, 0.25) is 0 Å². The van der Waals surface area contributed by atoms with Crippen molar-refractivity contribution in [3.8, 4) is 0 Å². The molecule has 1 fully saturated rings. The van der Waals surface area contributed by atoms with E-state index < -0.39 is 35.5 Å². The number of imidazole rings is 1. The SMILES string of the molecule is Cn1ccnc1[C@H]1OCC[C@@H]1NC(=O)c1ncccc1C(F)(F)F. The van der Waals surface area contributed by atoms with Crippen molar-refractivity contribution in [2.24, 2.45) is 7.05 Å². The second-order valence-electron chi connectivity index (χ2n) is 5.45. The van der Waals surface area contributed by atoms with Crippen molar-refractivity contribution in [1.82, 2.24) is 19.9 Å². The molecule has 1 aliphatic rings. The average Bonchev–Trinajstić information content (AvgIpc) is 3.15. The second kappa shape index (κ2) is 6.23. The molecule has 0 bridgehead atoms. The Hall–Kier alpha value is -2.42. The number of rotatable bonds is 3. The van der Waals surface area contributed by atoms with Crippen LogP contribution in [0.25, 0.3) is 0 Å². The lowest BCUT2D eigenvalue weighted by molar-refractivity contribution is -0.138. The van der Waals surface area contributed by atoms with Crippen molar-refractivity contribution in [3.63, 3.8) is 0 Å². The highest BCUT2D eigenvalue weighted by Gasteiger charge is 2.38. The van der Waals surface area contributed by atoms with E-state index in [1.54, 1.807) is 24.0 Å². The standard InChI is InChI=1S/C15H15F3N4O2/c1-22-7-6-20-13(22)12-10(4-8-24-12)21-14(23)11-9(15(16,17)18)3-2-5-19-11/h2-3,5-7,10,12H,4,8H2,1H3,(H,21,23)/t10-,12-/m0/s1. The number of nitrogens with one attached hydrogen (secondary N) is 1. The number of hydrogen-bond acceptors (Lipinski definition) is 4. The fraction of sp³-hybridized carbons (Fsp3) is 0.400. The zero-order valence-electron chi connectivity index (χ0n) is 12.7. The molecule has 1 saturated heterocycles. The second-order valence-corrected chi connectivity index (χ2v) is 5.45. The highest BCUT2D eigenvalue weighted by atomic mass is 19.4. The van der Waals surface area contributed by atoms with Gasteiger partial charge in [0.05, 0.1) is 11.6 Å². The quantitative estimate of drug-likeness (QED) is 0.929. The minimum atomic E-state index is -4.65. The van der Waals surface area contributed by atoms with E-state index in [2.05, 4.69) is 15.3 Å². The molecule has 2 aromatic heterocycles. The smallest absolute Gasteiger partial charge is 0.368 e. The lowest BCUT2D eigenvalue weighted by Crippen LogP contribution is -2.38. The predicted octanol–water partition coefficient (Wildman–Crippen LogP) is 2.09. The Morgan fingerprint density at radius 2 is 2.17 bits per heavy atom. The third kappa shape index (κ3) is 3.12. The minimum Gasteiger partial charge on any atom is -0.368 e. The number of nitrogens with zero attached hydrogens (tertiary/aromatic N) is 3. The molecule has 6 nitrogen and oxygen atoms in total. The molecule has 9 heteroatoms. The van der Waals surface area contributed by atoms with E-state index >= 15 is 0 Å². The fourth-order valence-electron chi connectivity index (χ4n) is 2.69. The summed E-state index contributed by atoms with van der Waals surface area (Å²) in [4.78, 5) is 20.1. The number of aromatic nitrogens is 3. The van der Waals surface area contributed by atoms with Crippen LogP contribution in [0.4, 0.5) is 13.2 Å². The van der Waals surface area contributed by atoms with Gasteiger partial charge in [0.25, 0.3) is 5.91 Å². The third-order valence-electron chi connectivity index (χ3n) is 3.85.